The quantitative estimate of drug-likeness (QED) is 0.925. The van der Waals surface area contributed by atoms with Crippen molar-refractivity contribution in [3.8, 4) is 0 Å². The molecule has 0 saturated carbocycles. The fraction of sp³-hybridized carbons (Fsp3) is 0.417. The van der Waals surface area contributed by atoms with Gasteiger partial charge in [0.25, 0.3) is 0 Å². The van der Waals surface area contributed by atoms with E-state index in [1.54, 1.807) is 0 Å². The van der Waals surface area contributed by atoms with E-state index in [-0.39, 0.29) is 18.0 Å². The van der Waals surface area contributed by atoms with Crippen molar-refractivity contribution in [3.05, 3.63) is 29.0 Å². The Labute approximate surface area is 121 Å². The van der Waals surface area contributed by atoms with E-state index in [9.17, 15) is 17.6 Å². The number of aliphatic carboxylic acids is 1. The van der Waals surface area contributed by atoms with Crippen LogP contribution in [0.2, 0.25) is 5.02 Å². The molecule has 2 rings (SSSR count). The molecular weight excluding hydrogens is 309 g/mol. The van der Waals surface area contributed by atoms with Gasteiger partial charge in [-0.1, -0.05) is 11.6 Å². The summed E-state index contributed by atoms with van der Waals surface area (Å²) in [6.45, 7) is 0.0894. The predicted octanol–water partition coefficient (Wildman–Crippen LogP) is 2.11. The summed E-state index contributed by atoms with van der Waals surface area (Å²) in [5.74, 6) is -1.95. The lowest BCUT2D eigenvalue weighted by Crippen LogP contribution is -2.47. The first-order valence-corrected chi connectivity index (χ1v) is 7.85. The summed E-state index contributed by atoms with van der Waals surface area (Å²) in [7, 11) is -4.13. The van der Waals surface area contributed by atoms with E-state index in [4.69, 9.17) is 16.7 Å². The number of carboxylic acids is 1. The van der Waals surface area contributed by atoms with Gasteiger partial charge in [0.1, 0.15) is 16.8 Å². The smallest absolute Gasteiger partial charge is 0.322 e. The number of benzene rings is 1. The van der Waals surface area contributed by atoms with Gasteiger partial charge in [0.2, 0.25) is 10.0 Å². The van der Waals surface area contributed by atoms with Crippen LogP contribution in [0.4, 0.5) is 4.39 Å². The molecule has 110 valence electrons. The molecule has 0 bridgehead atoms. The molecular formula is C12H13ClFNO4S. The minimum atomic E-state index is -4.13. The number of carboxylic acid groups (broad SMARTS) is 1. The highest BCUT2D eigenvalue weighted by molar-refractivity contribution is 7.89. The topological polar surface area (TPSA) is 74.7 Å². The number of piperidine rings is 1. The Morgan fingerprint density at radius 2 is 2.10 bits per heavy atom. The van der Waals surface area contributed by atoms with Gasteiger partial charge in [0.05, 0.1) is 5.02 Å². The third-order valence-electron chi connectivity index (χ3n) is 3.22. The highest BCUT2D eigenvalue weighted by Gasteiger charge is 2.38. The first kappa shape index (κ1) is 15.2. The van der Waals surface area contributed by atoms with Crippen LogP contribution >= 0.6 is 11.6 Å². The molecule has 1 atom stereocenters. The molecule has 1 aliphatic rings. The van der Waals surface area contributed by atoms with Crippen LogP contribution in [0.1, 0.15) is 19.3 Å². The number of halogens is 2. The van der Waals surface area contributed by atoms with Gasteiger partial charge in [-0.3, -0.25) is 4.79 Å². The van der Waals surface area contributed by atoms with Gasteiger partial charge in [0, 0.05) is 6.54 Å². The maximum atomic E-state index is 13.2. The Hall–Kier alpha value is -1.18. The lowest BCUT2D eigenvalue weighted by atomic mass is 10.1. The third kappa shape index (κ3) is 2.79. The van der Waals surface area contributed by atoms with Crippen molar-refractivity contribution in [2.24, 2.45) is 0 Å². The van der Waals surface area contributed by atoms with Crippen LogP contribution in [0.25, 0.3) is 0 Å². The molecule has 5 nitrogen and oxygen atoms in total. The van der Waals surface area contributed by atoms with Crippen molar-refractivity contribution in [3.63, 3.8) is 0 Å². The van der Waals surface area contributed by atoms with E-state index in [1.165, 1.54) is 0 Å². The van der Waals surface area contributed by atoms with E-state index in [2.05, 4.69) is 0 Å². The summed E-state index contributed by atoms with van der Waals surface area (Å²) in [6, 6.07) is 1.87. The van der Waals surface area contributed by atoms with Gasteiger partial charge in [0.15, 0.2) is 0 Å². The van der Waals surface area contributed by atoms with E-state index in [0.29, 0.717) is 12.8 Å². The highest BCUT2D eigenvalue weighted by atomic mass is 35.5. The first-order chi connectivity index (χ1) is 9.34. The molecule has 8 heteroatoms. The molecule has 0 aliphatic carbocycles. The molecule has 1 aromatic rings. The number of rotatable bonds is 3. The van der Waals surface area contributed by atoms with E-state index in [1.807, 2.05) is 0 Å². The Bertz CT molecular complexity index is 634. The maximum absolute atomic E-state index is 13.2. The zero-order chi connectivity index (χ0) is 14.9. The average molecular weight is 322 g/mol. The summed E-state index contributed by atoms with van der Waals surface area (Å²) in [5, 5.41) is 9.01. The Morgan fingerprint density at radius 3 is 2.75 bits per heavy atom. The Balaban J connectivity index is 2.47. The second kappa shape index (κ2) is 5.67. The summed E-state index contributed by atoms with van der Waals surface area (Å²) in [4.78, 5) is 10.8. The van der Waals surface area contributed by atoms with Crippen LogP contribution in [0.3, 0.4) is 0 Å². The van der Waals surface area contributed by atoms with Crippen LogP contribution in [-0.4, -0.2) is 36.4 Å². The van der Waals surface area contributed by atoms with Crippen LogP contribution < -0.4 is 0 Å². The van der Waals surface area contributed by atoms with Gasteiger partial charge in [-0.25, -0.2) is 12.8 Å². The zero-order valence-corrected chi connectivity index (χ0v) is 12.0. The molecule has 1 saturated heterocycles. The molecule has 0 aromatic heterocycles. The third-order valence-corrected chi connectivity index (χ3v) is 5.61. The van der Waals surface area contributed by atoms with Crippen molar-refractivity contribution in [2.75, 3.05) is 6.54 Å². The van der Waals surface area contributed by atoms with Crippen LogP contribution in [-0.2, 0) is 14.8 Å². The van der Waals surface area contributed by atoms with E-state index >= 15 is 0 Å². The Kier molecular flexibility index (Phi) is 4.31. The minimum absolute atomic E-state index is 0.0894. The molecule has 0 amide bonds. The molecule has 1 heterocycles. The monoisotopic (exact) mass is 321 g/mol. The van der Waals surface area contributed by atoms with Crippen molar-refractivity contribution < 1.29 is 22.7 Å². The zero-order valence-electron chi connectivity index (χ0n) is 10.4. The maximum Gasteiger partial charge on any atom is 0.322 e. The van der Waals surface area contributed by atoms with Crippen LogP contribution in [0, 0.1) is 5.82 Å². The average Bonchev–Trinajstić information content (AvgIpc) is 2.41. The van der Waals surface area contributed by atoms with E-state index in [0.717, 1.165) is 22.5 Å². The molecule has 1 aliphatic heterocycles. The first-order valence-electron chi connectivity index (χ1n) is 6.04. The minimum Gasteiger partial charge on any atom is -0.480 e. The van der Waals surface area contributed by atoms with E-state index < -0.39 is 32.7 Å². The normalized spacial score (nSPS) is 20.8. The summed E-state index contributed by atoms with van der Waals surface area (Å²) < 4.78 is 39.1. The number of carbonyl (C=O) groups is 1. The van der Waals surface area contributed by atoms with Crippen LogP contribution in [0.15, 0.2) is 23.1 Å². The Morgan fingerprint density at radius 1 is 1.40 bits per heavy atom. The molecule has 0 spiro atoms. The fourth-order valence-electron chi connectivity index (χ4n) is 2.24. The summed E-state index contributed by atoms with van der Waals surface area (Å²) in [6.07, 6.45) is 1.44. The summed E-state index contributed by atoms with van der Waals surface area (Å²) in [5.41, 5.74) is 0. The molecule has 1 aromatic carbocycles. The van der Waals surface area contributed by atoms with Gasteiger partial charge in [-0.05, 0) is 37.5 Å². The highest BCUT2D eigenvalue weighted by Crippen LogP contribution is 2.30. The number of sulfonamides is 1. The molecule has 1 N–H and O–H groups in total. The fourth-order valence-corrected chi connectivity index (χ4v) is 4.38. The molecule has 20 heavy (non-hydrogen) atoms. The second-order valence-electron chi connectivity index (χ2n) is 4.54. The number of nitrogens with zero attached hydrogens (tertiary/aromatic N) is 1. The molecule has 0 radical (unpaired) electrons. The number of hydrogen-bond acceptors (Lipinski definition) is 3. The van der Waals surface area contributed by atoms with Crippen molar-refractivity contribution in [2.45, 2.75) is 30.2 Å². The molecule has 0 unspecified atom stereocenters. The largest absolute Gasteiger partial charge is 0.480 e. The van der Waals surface area contributed by atoms with Crippen LogP contribution in [0.5, 0.6) is 0 Å². The second-order valence-corrected chi connectivity index (χ2v) is 6.81. The predicted molar refractivity (Wildman–Crippen MR) is 70.6 cm³/mol. The van der Waals surface area contributed by atoms with Crippen molar-refractivity contribution >= 4 is 27.6 Å². The van der Waals surface area contributed by atoms with Crippen molar-refractivity contribution in [1.82, 2.24) is 4.31 Å². The van der Waals surface area contributed by atoms with Crippen molar-refractivity contribution in [1.29, 1.82) is 0 Å². The van der Waals surface area contributed by atoms with Gasteiger partial charge in [-0.2, -0.15) is 4.31 Å². The SMILES string of the molecule is O=C(O)[C@H]1CCCCN1S(=O)(=O)c1cc(F)ccc1Cl. The van der Waals surface area contributed by atoms with Gasteiger partial charge < -0.3 is 5.11 Å². The number of hydrogen-bond donors (Lipinski definition) is 1. The lowest BCUT2D eigenvalue weighted by Gasteiger charge is -2.32. The van der Waals surface area contributed by atoms with Gasteiger partial charge in [-0.15, -0.1) is 0 Å². The lowest BCUT2D eigenvalue weighted by molar-refractivity contribution is -0.142. The molecule has 1 fully saturated rings. The standard InChI is InChI=1S/C12H13ClFNO4S/c13-9-5-4-8(14)7-11(9)20(18,19)15-6-2-1-3-10(15)12(16)17/h4-5,7,10H,1-3,6H2,(H,16,17)/t10-/m1/s1. The van der Waals surface area contributed by atoms with Gasteiger partial charge >= 0.3 is 5.97 Å². The summed E-state index contributed by atoms with van der Waals surface area (Å²) >= 11 is 5.81.